The van der Waals surface area contributed by atoms with Crippen LogP contribution in [0.4, 0.5) is 11.4 Å². The van der Waals surface area contributed by atoms with E-state index in [1.165, 1.54) is 0 Å². The lowest BCUT2D eigenvalue weighted by Gasteiger charge is -2.14. The third kappa shape index (κ3) is 1.86. The second-order valence-corrected chi connectivity index (χ2v) is 4.33. The average molecular weight is 259 g/mol. The van der Waals surface area contributed by atoms with Crippen LogP contribution < -0.4 is 11.1 Å². The quantitative estimate of drug-likeness (QED) is 0.678. The van der Waals surface area contributed by atoms with Gasteiger partial charge >= 0.3 is 0 Å². The fourth-order valence-electron chi connectivity index (χ4n) is 1.98. The number of anilines is 2. The van der Waals surface area contributed by atoms with Gasteiger partial charge in [-0.2, -0.15) is 0 Å². The molecule has 0 aliphatic carbocycles. The Balaban J connectivity index is 1.96. The molecular formula is C11H13N7O. The molecule has 2 heterocycles. The SMILES string of the molecule is CC(Nc1ccc(N)c2nonc12)c1nncn1C. The van der Waals surface area contributed by atoms with Gasteiger partial charge in [-0.1, -0.05) is 0 Å². The number of nitrogens with zero attached hydrogens (tertiary/aromatic N) is 5. The maximum Gasteiger partial charge on any atom is 0.160 e. The van der Waals surface area contributed by atoms with Crippen LogP contribution >= 0.6 is 0 Å². The first kappa shape index (κ1) is 11.5. The number of nitrogens with two attached hydrogens (primary N) is 1. The number of benzene rings is 1. The van der Waals surface area contributed by atoms with Crippen LogP contribution in [0.15, 0.2) is 23.1 Å². The Labute approximate surface area is 108 Å². The van der Waals surface area contributed by atoms with Crippen molar-refractivity contribution in [2.24, 2.45) is 7.05 Å². The zero-order valence-electron chi connectivity index (χ0n) is 10.5. The van der Waals surface area contributed by atoms with Gasteiger partial charge in [0.25, 0.3) is 0 Å². The highest BCUT2D eigenvalue weighted by Crippen LogP contribution is 2.27. The Morgan fingerprint density at radius 3 is 2.84 bits per heavy atom. The molecule has 98 valence electrons. The Hall–Kier alpha value is -2.64. The van der Waals surface area contributed by atoms with E-state index < -0.39 is 0 Å². The summed E-state index contributed by atoms with van der Waals surface area (Å²) in [5.74, 6) is 0.821. The van der Waals surface area contributed by atoms with Gasteiger partial charge in [-0.05, 0) is 29.4 Å². The minimum atomic E-state index is -0.0315. The molecule has 19 heavy (non-hydrogen) atoms. The van der Waals surface area contributed by atoms with Crippen LogP contribution in [0.25, 0.3) is 11.0 Å². The lowest BCUT2D eigenvalue weighted by molar-refractivity contribution is 0.315. The van der Waals surface area contributed by atoms with Gasteiger partial charge in [0, 0.05) is 7.05 Å². The summed E-state index contributed by atoms with van der Waals surface area (Å²) >= 11 is 0. The first-order chi connectivity index (χ1) is 9.16. The van der Waals surface area contributed by atoms with Crippen molar-refractivity contribution < 1.29 is 4.63 Å². The summed E-state index contributed by atoms with van der Waals surface area (Å²) in [4.78, 5) is 0. The lowest BCUT2D eigenvalue weighted by atomic mass is 10.2. The largest absolute Gasteiger partial charge is 0.397 e. The summed E-state index contributed by atoms with van der Waals surface area (Å²) in [6, 6.07) is 3.57. The number of rotatable bonds is 3. The van der Waals surface area contributed by atoms with Gasteiger partial charge < -0.3 is 15.6 Å². The van der Waals surface area contributed by atoms with Gasteiger partial charge in [-0.15, -0.1) is 10.2 Å². The maximum absolute atomic E-state index is 5.80. The summed E-state index contributed by atoms with van der Waals surface area (Å²) < 4.78 is 6.58. The molecule has 1 aromatic carbocycles. The summed E-state index contributed by atoms with van der Waals surface area (Å²) in [6.45, 7) is 1.99. The van der Waals surface area contributed by atoms with E-state index in [-0.39, 0.29) is 6.04 Å². The van der Waals surface area contributed by atoms with Gasteiger partial charge in [-0.25, -0.2) is 4.63 Å². The van der Waals surface area contributed by atoms with Crippen LogP contribution in [-0.4, -0.2) is 25.1 Å². The highest BCUT2D eigenvalue weighted by atomic mass is 16.6. The van der Waals surface area contributed by atoms with Crippen LogP contribution in [0, 0.1) is 0 Å². The van der Waals surface area contributed by atoms with E-state index in [2.05, 4.69) is 25.8 Å². The van der Waals surface area contributed by atoms with Crippen LogP contribution in [-0.2, 0) is 7.05 Å². The number of fused-ring (bicyclic) bond motifs is 1. The zero-order chi connectivity index (χ0) is 13.4. The predicted octanol–water partition coefficient (Wildman–Crippen LogP) is 1.11. The zero-order valence-corrected chi connectivity index (χ0v) is 10.5. The van der Waals surface area contributed by atoms with Gasteiger partial charge in [-0.3, -0.25) is 0 Å². The fraction of sp³-hybridized carbons (Fsp3) is 0.273. The van der Waals surface area contributed by atoms with E-state index >= 15 is 0 Å². The number of nitrogens with one attached hydrogen (secondary N) is 1. The number of hydrogen-bond acceptors (Lipinski definition) is 7. The van der Waals surface area contributed by atoms with E-state index in [1.807, 2.05) is 24.6 Å². The highest BCUT2D eigenvalue weighted by molar-refractivity contribution is 5.95. The van der Waals surface area contributed by atoms with E-state index in [4.69, 9.17) is 10.4 Å². The minimum absolute atomic E-state index is 0.0315. The summed E-state index contributed by atoms with van der Waals surface area (Å²) in [5.41, 5.74) is 8.29. The predicted molar refractivity (Wildman–Crippen MR) is 69.3 cm³/mol. The molecule has 8 heteroatoms. The molecule has 3 N–H and O–H groups in total. The van der Waals surface area contributed by atoms with Crippen molar-refractivity contribution in [3.63, 3.8) is 0 Å². The fourth-order valence-corrected chi connectivity index (χ4v) is 1.98. The van der Waals surface area contributed by atoms with Crippen molar-refractivity contribution in [3.8, 4) is 0 Å². The molecule has 0 saturated heterocycles. The molecule has 0 spiro atoms. The molecule has 0 aliphatic rings. The number of aryl methyl sites for hydroxylation is 1. The molecule has 0 aliphatic heterocycles. The molecule has 0 fully saturated rings. The molecule has 3 rings (SSSR count). The first-order valence-corrected chi connectivity index (χ1v) is 5.78. The van der Waals surface area contributed by atoms with Crippen molar-refractivity contribution in [1.29, 1.82) is 0 Å². The van der Waals surface area contributed by atoms with E-state index in [0.29, 0.717) is 16.7 Å². The van der Waals surface area contributed by atoms with Crippen molar-refractivity contribution in [2.75, 3.05) is 11.1 Å². The first-order valence-electron chi connectivity index (χ1n) is 5.78. The van der Waals surface area contributed by atoms with Crippen LogP contribution in [0.5, 0.6) is 0 Å². The molecule has 1 atom stereocenters. The molecule has 3 aromatic rings. The molecule has 0 bridgehead atoms. The Morgan fingerprint density at radius 2 is 2.11 bits per heavy atom. The van der Waals surface area contributed by atoms with Gasteiger partial charge in [0.15, 0.2) is 16.9 Å². The lowest BCUT2D eigenvalue weighted by Crippen LogP contribution is -2.12. The summed E-state index contributed by atoms with van der Waals surface area (Å²) in [5, 5.41) is 18.9. The van der Waals surface area contributed by atoms with Crippen molar-refractivity contribution >= 4 is 22.4 Å². The second kappa shape index (κ2) is 4.23. The van der Waals surface area contributed by atoms with Crippen LogP contribution in [0.1, 0.15) is 18.8 Å². The second-order valence-electron chi connectivity index (χ2n) is 4.33. The maximum atomic E-state index is 5.80. The third-order valence-electron chi connectivity index (χ3n) is 2.95. The average Bonchev–Trinajstić information content (AvgIpc) is 3.01. The monoisotopic (exact) mass is 259 g/mol. The van der Waals surface area contributed by atoms with Crippen molar-refractivity contribution in [3.05, 3.63) is 24.3 Å². The minimum Gasteiger partial charge on any atom is -0.397 e. The highest BCUT2D eigenvalue weighted by Gasteiger charge is 2.15. The van der Waals surface area contributed by atoms with E-state index in [0.717, 1.165) is 11.5 Å². The number of nitrogen functional groups attached to an aromatic ring is 1. The van der Waals surface area contributed by atoms with E-state index in [9.17, 15) is 0 Å². The van der Waals surface area contributed by atoms with Gasteiger partial charge in [0.1, 0.15) is 6.33 Å². The van der Waals surface area contributed by atoms with Crippen LogP contribution in [0.3, 0.4) is 0 Å². The molecule has 0 radical (unpaired) electrons. The standard InChI is InChI=1S/C11H13N7O/c1-6(11-15-13-5-18(11)2)14-8-4-3-7(12)9-10(8)17-19-16-9/h3-6,14H,12H2,1-2H3. The number of hydrogen-bond donors (Lipinski definition) is 2. The normalized spacial score (nSPS) is 12.7. The third-order valence-corrected chi connectivity index (χ3v) is 2.95. The molecule has 8 nitrogen and oxygen atoms in total. The van der Waals surface area contributed by atoms with Gasteiger partial charge in [0.05, 0.1) is 17.4 Å². The van der Waals surface area contributed by atoms with Crippen LogP contribution in [0.2, 0.25) is 0 Å². The summed E-state index contributed by atoms with van der Waals surface area (Å²) in [6.07, 6.45) is 1.66. The summed E-state index contributed by atoms with van der Waals surface area (Å²) in [7, 11) is 1.89. The van der Waals surface area contributed by atoms with E-state index in [1.54, 1.807) is 12.4 Å². The molecule has 2 aromatic heterocycles. The Morgan fingerprint density at radius 1 is 1.32 bits per heavy atom. The molecule has 1 unspecified atom stereocenters. The Bertz CT molecular complexity index is 717. The molecule has 0 saturated carbocycles. The smallest absolute Gasteiger partial charge is 0.160 e. The van der Waals surface area contributed by atoms with Gasteiger partial charge in [0.2, 0.25) is 0 Å². The number of aromatic nitrogens is 5. The van der Waals surface area contributed by atoms with Crippen molar-refractivity contribution in [1.82, 2.24) is 25.1 Å². The molecular weight excluding hydrogens is 246 g/mol. The van der Waals surface area contributed by atoms with Crippen molar-refractivity contribution in [2.45, 2.75) is 13.0 Å². The Kier molecular flexibility index (Phi) is 2.55. The topological polar surface area (TPSA) is 108 Å². The molecule has 0 amide bonds.